The van der Waals surface area contributed by atoms with Gasteiger partial charge in [-0.1, -0.05) is 32.0 Å². The summed E-state index contributed by atoms with van der Waals surface area (Å²) in [7, 11) is 1.76. The summed E-state index contributed by atoms with van der Waals surface area (Å²) in [6.07, 6.45) is 0.667. The summed E-state index contributed by atoms with van der Waals surface area (Å²) in [5.74, 6) is 0.165. The Morgan fingerprint density at radius 1 is 1.25 bits per heavy atom. The van der Waals surface area contributed by atoms with E-state index < -0.39 is 0 Å². The van der Waals surface area contributed by atoms with Crippen LogP contribution in [0.15, 0.2) is 30.3 Å². The van der Waals surface area contributed by atoms with Crippen LogP contribution in [0.25, 0.3) is 0 Å². The van der Waals surface area contributed by atoms with E-state index in [1.807, 2.05) is 30.3 Å². The van der Waals surface area contributed by atoms with Gasteiger partial charge in [0.2, 0.25) is 11.8 Å². The second kappa shape index (κ2) is 6.07. The molecule has 108 valence electrons. The van der Waals surface area contributed by atoms with Gasteiger partial charge < -0.3 is 10.2 Å². The molecule has 0 radical (unpaired) electrons. The lowest BCUT2D eigenvalue weighted by atomic mass is 10.2. The zero-order chi connectivity index (χ0) is 14.7. The van der Waals surface area contributed by atoms with E-state index in [4.69, 9.17) is 0 Å². The van der Waals surface area contributed by atoms with Crippen molar-refractivity contribution in [2.75, 3.05) is 18.5 Å². The fourth-order valence-corrected chi connectivity index (χ4v) is 2.22. The molecule has 0 aromatic heterocycles. The van der Waals surface area contributed by atoms with Crippen molar-refractivity contribution in [3.63, 3.8) is 0 Å². The predicted octanol–water partition coefficient (Wildman–Crippen LogP) is 2.06. The lowest BCUT2D eigenvalue weighted by molar-refractivity contribution is -0.126. The van der Waals surface area contributed by atoms with Gasteiger partial charge in [-0.2, -0.15) is 0 Å². The molecule has 20 heavy (non-hydrogen) atoms. The number of rotatable bonds is 5. The van der Waals surface area contributed by atoms with Crippen molar-refractivity contribution in [3.05, 3.63) is 30.3 Å². The number of carbonyl (C=O) groups is 2. The Kier molecular flexibility index (Phi) is 4.42. The van der Waals surface area contributed by atoms with Crippen LogP contribution in [0.4, 0.5) is 5.69 Å². The zero-order valence-corrected chi connectivity index (χ0v) is 12.3. The molecule has 2 amide bonds. The number of hydrogen-bond donors (Lipinski definition) is 1. The van der Waals surface area contributed by atoms with Gasteiger partial charge in [-0.25, -0.2) is 0 Å². The van der Waals surface area contributed by atoms with Gasteiger partial charge in [-0.3, -0.25) is 9.59 Å². The molecule has 1 aliphatic rings. The molecule has 0 bridgehead atoms. The molecule has 2 unspecified atom stereocenters. The third-order valence-electron chi connectivity index (χ3n) is 3.60. The summed E-state index contributed by atoms with van der Waals surface area (Å²) < 4.78 is 0. The molecular formula is C16H22N2O2. The van der Waals surface area contributed by atoms with Crippen LogP contribution in [-0.4, -0.2) is 25.4 Å². The average Bonchev–Trinajstić information content (AvgIpc) is 3.24. The van der Waals surface area contributed by atoms with E-state index in [-0.39, 0.29) is 23.7 Å². The SMILES string of the molecule is CC(C)CNC(=O)C1CC1C(=O)N(C)c1ccccc1. The van der Waals surface area contributed by atoms with Crippen molar-refractivity contribution < 1.29 is 9.59 Å². The Balaban J connectivity index is 1.88. The minimum absolute atomic E-state index is 0.0125. The molecule has 1 saturated carbocycles. The zero-order valence-electron chi connectivity index (χ0n) is 12.3. The van der Waals surface area contributed by atoms with E-state index in [1.165, 1.54) is 0 Å². The Labute approximate surface area is 120 Å². The van der Waals surface area contributed by atoms with Crippen LogP contribution < -0.4 is 10.2 Å². The van der Waals surface area contributed by atoms with Gasteiger partial charge in [0, 0.05) is 19.3 Å². The molecule has 0 saturated heterocycles. The van der Waals surface area contributed by atoms with Crippen LogP contribution in [0.5, 0.6) is 0 Å². The highest BCUT2D eigenvalue weighted by atomic mass is 16.2. The van der Waals surface area contributed by atoms with Gasteiger partial charge in [0.15, 0.2) is 0 Å². The van der Waals surface area contributed by atoms with Gasteiger partial charge in [0.25, 0.3) is 0 Å². The van der Waals surface area contributed by atoms with Crippen LogP contribution in [0, 0.1) is 17.8 Å². The number of carbonyl (C=O) groups excluding carboxylic acids is 2. The van der Waals surface area contributed by atoms with E-state index in [0.29, 0.717) is 18.9 Å². The van der Waals surface area contributed by atoms with E-state index >= 15 is 0 Å². The molecule has 1 aliphatic carbocycles. The summed E-state index contributed by atoms with van der Waals surface area (Å²) in [4.78, 5) is 25.8. The van der Waals surface area contributed by atoms with E-state index in [2.05, 4.69) is 19.2 Å². The lowest BCUT2D eigenvalue weighted by Crippen LogP contribution is -2.33. The monoisotopic (exact) mass is 274 g/mol. The number of anilines is 1. The quantitative estimate of drug-likeness (QED) is 0.893. The number of benzene rings is 1. The van der Waals surface area contributed by atoms with Crippen LogP contribution in [0.1, 0.15) is 20.3 Å². The van der Waals surface area contributed by atoms with Crippen molar-refractivity contribution in [1.82, 2.24) is 5.32 Å². The molecule has 1 aromatic carbocycles. The minimum Gasteiger partial charge on any atom is -0.356 e. The van der Waals surface area contributed by atoms with Crippen LogP contribution >= 0.6 is 0 Å². The molecule has 1 N–H and O–H groups in total. The summed E-state index contributed by atoms with van der Waals surface area (Å²) in [5.41, 5.74) is 0.866. The number of para-hydroxylation sites is 1. The first-order valence-electron chi connectivity index (χ1n) is 7.11. The van der Waals surface area contributed by atoms with E-state index in [9.17, 15) is 9.59 Å². The Morgan fingerprint density at radius 2 is 1.90 bits per heavy atom. The van der Waals surface area contributed by atoms with Gasteiger partial charge in [-0.15, -0.1) is 0 Å². The first kappa shape index (κ1) is 14.6. The molecule has 1 fully saturated rings. The van der Waals surface area contributed by atoms with Crippen LogP contribution in [0.2, 0.25) is 0 Å². The van der Waals surface area contributed by atoms with E-state index in [0.717, 1.165) is 5.69 Å². The topological polar surface area (TPSA) is 49.4 Å². The lowest BCUT2D eigenvalue weighted by Gasteiger charge is -2.17. The maximum Gasteiger partial charge on any atom is 0.230 e. The fraction of sp³-hybridized carbons (Fsp3) is 0.500. The van der Waals surface area contributed by atoms with Gasteiger partial charge >= 0.3 is 0 Å². The standard InChI is InChI=1S/C16H22N2O2/c1-11(2)10-17-15(19)13-9-14(13)16(20)18(3)12-7-5-4-6-8-12/h4-8,11,13-14H,9-10H2,1-3H3,(H,17,19). The molecule has 4 heteroatoms. The second-order valence-electron chi connectivity index (χ2n) is 5.82. The molecule has 4 nitrogen and oxygen atoms in total. The minimum atomic E-state index is -0.160. The molecule has 0 spiro atoms. The van der Waals surface area contributed by atoms with Gasteiger partial charge in [-0.05, 0) is 24.5 Å². The Hall–Kier alpha value is -1.84. The largest absolute Gasteiger partial charge is 0.356 e. The van der Waals surface area contributed by atoms with Crippen molar-refractivity contribution in [3.8, 4) is 0 Å². The van der Waals surface area contributed by atoms with E-state index in [1.54, 1.807) is 11.9 Å². The van der Waals surface area contributed by atoms with Crippen molar-refractivity contribution >= 4 is 17.5 Å². The third kappa shape index (κ3) is 3.38. The van der Waals surface area contributed by atoms with Crippen LogP contribution in [0.3, 0.4) is 0 Å². The number of hydrogen-bond acceptors (Lipinski definition) is 2. The predicted molar refractivity (Wildman–Crippen MR) is 79.3 cm³/mol. The second-order valence-corrected chi connectivity index (χ2v) is 5.82. The number of nitrogens with zero attached hydrogens (tertiary/aromatic N) is 1. The van der Waals surface area contributed by atoms with Crippen LogP contribution in [-0.2, 0) is 9.59 Å². The molecular weight excluding hydrogens is 252 g/mol. The van der Waals surface area contributed by atoms with Crippen molar-refractivity contribution in [1.29, 1.82) is 0 Å². The van der Waals surface area contributed by atoms with Crippen molar-refractivity contribution in [2.45, 2.75) is 20.3 Å². The van der Waals surface area contributed by atoms with Gasteiger partial charge in [0.05, 0.1) is 11.8 Å². The molecule has 1 aromatic rings. The number of amides is 2. The average molecular weight is 274 g/mol. The van der Waals surface area contributed by atoms with Gasteiger partial charge in [0.1, 0.15) is 0 Å². The summed E-state index contributed by atoms with van der Waals surface area (Å²) in [6, 6.07) is 9.51. The highest BCUT2D eigenvalue weighted by molar-refractivity contribution is 6.00. The molecule has 2 rings (SSSR count). The maximum atomic E-state index is 12.3. The first-order valence-corrected chi connectivity index (χ1v) is 7.11. The Morgan fingerprint density at radius 3 is 2.50 bits per heavy atom. The highest BCUT2D eigenvalue weighted by Gasteiger charge is 2.49. The van der Waals surface area contributed by atoms with Crippen molar-refractivity contribution in [2.24, 2.45) is 17.8 Å². The Bertz CT molecular complexity index is 485. The number of nitrogens with one attached hydrogen (secondary N) is 1. The smallest absolute Gasteiger partial charge is 0.230 e. The third-order valence-corrected chi connectivity index (χ3v) is 3.60. The summed E-state index contributed by atoms with van der Waals surface area (Å²) >= 11 is 0. The molecule has 2 atom stereocenters. The normalized spacial score (nSPS) is 20.6. The maximum absolute atomic E-state index is 12.3. The summed E-state index contributed by atoms with van der Waals surface area (Å²) in [5, 5.41) is 2.90. The highest BCUT2D eigenvalue weighted by Crippen LogP contribution is 2.40. The fourth-order valence-electron chi connectivity index (χ4n) is 2.22. The molecule has 0 aliphatic heterocycles. The first-order chi connectivity index (χ1) is 9.50. The molecule has 0 heterocycles. The summed E-state index contributed by atoms with van der Waals surface area (Å²) in [6.45, 7) is 4.78.